The number of phosphoric acid groups is 1. The summed E-state index contributed by atoms with van der Waals surface area (Å²) in [7, 11) is 1.19. The molecule has 0 rings (SSSR count). The van der Waals surface area contributed by atoms with E-state index in [9.17, 15) is 19.0 Å². The number of unbranched alkanes of at least 4 members (excludes halogenated alkanes) is 40. The molecule has 0 aliphatic carbocycles. The zero-order valence-electron chi connectivity index (χ0n) is 53.1. The first-order valence-corrected chi connectivity index (χ1v) is 35.4. The molecular weight excluding hydrogens is 1000 g/mol. The van der Waals surface area contributed by atoms with Gasteiger partial charge in [0.05, 0.1) is 33.8 Å². The third-order valence-corrected chi connectivity index (χ3v) is 16.2. The number of esters is 1. The van der Waals surface area contributed by atoms with Crippen molar-refractivity contribution >= 4 is 19.7 Å². The summed E-state index contributed by atoms with van der Waals surface area (Å²) >= 11 is 0. The van der Waals surface area contributed by atoms with Gasteiger partial charge in [-0.3, -0.25) is 14.2 Å². The second-order valence-electron chi connectivity index (χ2n) is 24.3. The average Bonchev–Trinajstić information content (AvgIpc) is 3.41. The number of allylic oxidation sites excluding steroid dienone is 7. The Hall–Kier alpha value is -2.03. The van der Waals surface area contributed by atoms with Crippen LogP contribution in [0.5, 0.6) is 0 Å². The van der Waals surface area contributed by atoms with E-state index in [4.69, 9.17) is 13.8 Å². The lowest BCUT2D eigenvalue weighted by Crippen LogP contribution is -2.47. The molecule has 0 saturated carbocycles. The van der Waals surface area contributed by atoms with E-state index in [1.165, 1.54) is 212 Å². The molecule has 0 aliphatic heterocycles. The molecule has 0 radical (unpaired) electrons. The maximum Gasteiger partial charge on any atom is 0.306 e. The van der Waals surface area contributed by atoms with Crippen molar-refractivity contribution in [3.05, 3.63) is 48.6 Å². The molecule has 3 atom stereocenters. The molecule has 1 amide bonds. The van der Waals surface area contributed by atoms with Crippen molar-refractivity contribution < 1.29 is 37.3 Å². The molecule has 0 aromatic heterocycles. The molecule has 0 spiro atoms. The molecule has 0 saturated heterocycles. The standard InChI is InChI=1S/C69H131N2O7P/c1-7-10-13-16-19-22-25-28-30-32-34-35-37-38-40-43-46-49-52-55-58-61-68(72)70-66(65-77-79(74,75)76-64-63-71(4,5)6)67(60-57-54-51-48-45-42-27-24-21-18-15-12-9-3)78-69(73)62-59-56-53-50-47-44-41-39-36-33-31-29-26-23-20-17-14-11-8-2/h20,23,29,31,36,39,57,60,66-67H,7-19,21-22,24-28,30,32-35,37-38,40-56,58-59,61-65H2,1-6H3,(H-,70,72,74,75)/b23-20-,31-29-,39-36-,60-57+. The van der Waals surface area contributed by atoms with Crippen LogP contribution in [-0.4, -0.2) is 69.4 Å². The highest BCUT2D eigenvalue weighted by Gasteiger charge is 2.27. The van der Waals surface area contributed by atoms with Crippen molar-refractivity contribution in [3.63, 3.8) is 0 Å². The van der Waals surface area contributed by atoms with Crippen LogP contribution in [0.3, 0.4) is 0 Å². The maximum atomic E-state index is 13.6. The summed E-state index contributed by atoms with van der Waals surface area (Å²) in [4.78, 5) is 40.1. The zero-order chi connectivity index (χ0) is 57.9. The van der Waals surface area contributed by atoms with Crippen LogP contribution in [0.2, 0.25) is 0 Å². The molecular formula is C69H131N2O7P. The summed E-state index contributed by atoms with van der Waals surface area (Å²) in [5.41, 5.74) is 0. The molecule has 9 nitrogen and oxygen atoms in total. The van der Waals surface area contributed by atoms with Crippen LogP contribution >= 0.6 is 7.82 Å². The lowest BCUT2D eigenvalue weighted by molar-refractivity contribution is -0.870. The first-order chi connectivity index (χ1) is 38.4. The van der Waals surface area contributed by atoms with Crippen molar-refractivity contribution in [1.82, 2.24) is 5.32 Å². The first kappa shape index (κ1) is 77.0. The van der Waals surface area contributed by atoms with Crippen molar-refractivity contribution in [1.29, 1.82) is 0 Å². The second kappa shape index (κ2) is 59.1. The number of likely N-dealkylation sites (N-methyl/N-ethyl adjacent to an activating group) is 1. The van der Waals surface area contributed by atoms with Gasteiger partial charge in [0.15, 0.2) is 0 Å². The van der Waals surface area contributed by atoms with Crippen molar-refractivity contribution in [3.8, 4) is 0 Å². The van der Waals surface area contributed by atoms with Crippen LogP contribution in [0.4, 0.5) is 0 Å². The minimum Gasteiger partial charge on any atom is -0.756 e. The van der Waals surface area contributed by atoms with E-state index >= 15 is 0 Å². The van der Waals surface area contributed by atoms with Gasteiger partial charge in [0.1, 0.15) is 19.3 Å². The lowest BCUT2D eigenvalue weighted by atomic mass is 10.0. The number of amides is 1. The lowest BCUT2D eigenvalue weighted by Gasteiger charge is -2.30. The Kier molecular flexibility index (Phi) is 57.6. The predicted octanol–water partition coefficient (Wildman–Crippen LogP) is 20.6. The third-order valence-electron chi connectivity index (χ3n) is 15.3. The smallest absolute Gasteiger partial charge is 0.306 e. The number of hydrogen-bond acceptors (Lipinski definition) is 7. The van der Waals surface area contributed by atoms with Gasteiger partial charge < -0.3 is 28.5 Å². The Bertz CT molecular complexity index is 1490. The molecule has 0 fully saturated rings. The van der Waals surface area contributed by atoms with Crippen LogP contribution in [0, 0.1) is 0 Å². The molecule has 0 aromatic carbocycles. The predicted molar refractivity (Wildman–Crippen MR) is 339 cm³/mol. The highest BCUT2D eigenvalue weighted by molar-refractivity contribution is 7.45. The monoisotopic (exact) mass is 1130 g/mol. The van der Waals surface area contributed by atoms with Crippen molar-refractivity contribution in [2.45, 2.75) is 341 Å². The number of carbonyl (C=O) groups excluding carboxylic acids is 2. The SMILES string of the molecule is CCCCC/C=C\C/C=C\C/C=C\CCCCCCCCC(=O)OC(/C=C/CCCCCCCCCCCCC)C(COP(=O)([O-])OCC[N+](C)(C)C)NC(=O)CCCCCCCCCCCCCCCCCCCCCCC. The number of rotatable bonds is 62. The van der Waals surface area contributed by atoms with Gasteiger partial charge in [-0.2, -0.15) is 0 Å². The van der Waals surface area contributed by atoms with E-state index in [2.05, 4.69) is 62.5 Å². The van der Waals surface area contributed by atoms with Gasteiger partial charge in [-0.05, 0) is 70.3 Å². The number of phosphoric ester groups is 1. The zero-order valence-corrected chi connectivity index (χ0v) is 54.0. The summed E-state index contributed by atoms with van der Waals surface area (Å²) < 4.78 is 30.4. The highest BCUT2D eigenvalue weighted by Crippen LogP contribution is 2.38. The first-order valence-electron chi connectivity index (χ1n) is 33.9. The third kappa shape index (κ3) is 60.4. The highest BCUT2D eigenvalue weighted by atomic mass is 31.2. The summed E-state index contributed by atoms with van der Waals surface area (Å²) in [6.45, 7) is 6.86. The van der Waals surface area contributed by atoms with Gasteiger partial charge in [-0.15, -0.1) is 0 Å². The molecule has 1 N–H and O–H groups in total. The molecule has 10 heteroatoms. The number of nitrogens with one attached hydrogen (secondary N) is 1. The number of nitrogens with zero attached hydrogens (tertiary/aromatic N) is 1. The van der Waals surface area contributed by atoms with Crippen LogP contribution in [0.15, 0.2) is 48.6 Å². The summed E-state index contributed by atoms with van der Waals surface area (Å²) in [6.07, 6.45) is 73.6. The molecule has 464 valence electrons. The van der Waals surface area contributed by atoms with E-state index in [0.29, 0.717) is 17.4 Å². The molecule has 0 aromatic rings. The maximum absolute atomic E-state index is 13.6. The van der Waals surface area contributed by atoms with Gasteiger partial charge >= 0.3 is 5.97 Å². The van der Waals surface area contributed by atoms with Crippen molar-refractivity contribution in [2.24, 2.45) is 0 Å². The molecule has 0 aliphatic rings. The van der Waals surface area contributed by atoms with Gasteiger partial charge in [0.2, 0.25) is 5.91 Å². The fourth-order valence-electron chi connectivity index (χ4n) is 10.0. The topological polar surface area (TPSA) is 114 Å². The second-order valence-corrected chi connectivity index (χ2v) is 25.7. The Morgan fingerprint density at radius 2 is 0.772 bits per heavy atom. The van der Waals surface area contributed by atoms with E-state index in [1.807, 2.05) is 33.3 Å². The largest absolute Gasteiger partial charge is 0.756 e. The molecule has 79 heavy (non-hydrogen) atoms. The fourth-order valence-corrected chi connectivity index (χ4v) is 10.7. The summed E-state index contributed by atoms with van der Waals surface area (Å²) in [5.74, 6) is -0.540. The Morgan fingerprint density at radius 3 is 1.18 bits per heavy atom. The Morgan fingerprint density at radius 1 is 0.443 bits per heavy atom. The van der Waals surface area contributed by atoms with Gasteiger partial charge in [0, 0.05) is 12.8 Å². The molecule has 0 bridgehead atoms. The van der Waals surface area contributed by atoms with Gasteiger partial charge in [-0.25, -0.2) is 0 Å². The minimum absolute atomic E-state index is 0.0231. The number of quaternary nitrogens is 1. The van der Waals surface area contributed by atoms with Crippen LogP contribution in [0.25, 0.3) is 0 Å². The quantitative estimate of drug-likeness (QED) is 0.0212. The van der Waals surface area contributed by atoms with E-state index in [-0.39, 0.29) is 31.5 Å². The normalized spacial score (nSPS) is 13.9. The van der Waals surface area contributed by atoms with E-state index in [1.54, 1.807) is 0 Å². The molecule has 0 heterocycles. The average molecular weight is 1130 g/mol. The fraction of sp³-hybridized carbons (Fsp3) is 0.855. The van der Waals surface area contributed by atoms with Crippen LogP contribution in [-0.2, 0) is 27.9 Å². The summed E-state index contributed by atoms with van der Waals surface area (Å²) in [6, 6.07) is -0.892. The molecule has 3 unspecified atom stereocenters. The van der Waals surface area contributed by atoms with Crippen molar-refractivity contribution in [2.75, 3.05) is 40.9 Å². The number of hydrogen-bond donors (Lipinski definition) is 1. The van der Waals surface area contributed by atoms with E-state index < -0.39 is 20.0 Å². The Labute approximate surface area is 490 Å². The summed E-state index contributed by atoms with van der Waals surface area (Å²) in [5, 5.41) is 3.04. The van der Waals surface area contributed by atoms with Crippen LogP contribution in [0.1, 0.15) is 329 Å². The van der Waals surface area contributed by atoms with Crippen LogP contribution < -0.4 is 10.2 Å². The van der Waals surface area contributed by atoms with Gasteiger partial charge in [0.25, 0.3) is 7.82 Å². The number of carbonyl (C=O) groups is 2. The van der Waals surface area contributed by atoms with E-state index in [0.717, 1.165) is 83.5 Å². The number of ether oxygens (including phenoxy) is 1. The van der Waals surface area contributed by atoms with Gasteiger partial charge in [-0.1, -0.05) is 294 Å². The minimum atomic E-state index is -4.70. The Balaban J connectivity index is 5.18.